The summed E-state index contributed by atoms with van der Waals surface area (Å²) in [5, 5.41) is 3.93. The summed E-state index contributed by atoms with van der Waals surface area (Å²) in [5.74, 6) is 0. The van der Waals surface area contributed by atoms with Gasteiger partial charge in [0.2, 0.25) is 0 Å². The Balaban J connectivity index is 2.27. The summed E-state index contributed by atoms with van der Waals surface area (Å²) in [4.78, 5) is 6.24. The zero-order valence-electron chi connectivity index (χ0n) is 10.3. The van der Waals surface area contributed by atoms with Gasteiger partial charge in [0.1, 0.15) is 0 Å². The number of ether oxygens (including phenoxy) is 1. The molecule has 0 aromatic carbocycles. The smallest absolute Gasteiger partial charge is 0.169 e. The third-order valence-corrected chi connectivity index (χ3v) is 2.73. The standard InChI is InChI=1S/C12H19N3OS/c1-15(10-11-6-3-4-7-13-11)12(17)14-8-5-9-16-2/h3-4,6-7H,5,8-10H2,1-2H3,(H,14,17). The number of hydrogen-bond acceptors (Lipinski definition) is 3. The quantitative estimate of drug-likeness (QED) is 0.613. The minimum absolute atomic E-state index is 0.719. The van der Waals surface area contributed by atoms with Crippen molar-refractivity contribution in [2.45, 2.75) is 13.0 Å². The molecule has 0 saturated heterocycles. The van der Waals surface area contributed by atoms with E-state index in [9.17, 15) is 0 Å². The number of pyridine rings is 1. The van der Waals surface area contributed by atoms with Gasteiger partial charge in [-0.3, -0.25) is 4.98 Å². The molecule has 0 spiro atoms. The minimum Gasteiger partial charge on any atom is -0.385 e. The molecule has 0 atom stereocenters. The number of methoxy groups -OCH3 is 1. The van der Waals surface area contributed by atoms with E-state index in [1.165, 1.54) is 0 Å². The van der Waals surface area contributed by atoms with Crippen LogP contribution in [0.15, 0.2) is 24.4 Å². The summed E-state index contributed by atoms with van der Waals surface area (Å²) >= 11 is 5.27. The van der Waals surface area contributed by atoms with Crippen molar-refractivity contribution in [3.63, 3.8) is 0 Å². The Kier molecular flexibility index (Phi) is 6.50. The summed E-state index contributed by atoms with van der Waals surface area (Å²) in [6.07, 6.45) is 2.74. The van der Waals surface area contributed by atoms with Gasteiger partial charge >= 0.3 is 0 Å². The highest BCUT2D eigenvalue weighted by Gasteiger charge is 2.04. The number of hydrogen-bond donors (Lipinski definition) is 1. The molecule has 94 valence electrons. The maximum Gasteiger partial charge on any atom is 0.169 e. The average molecular weight is 253 g/mol. The van der Waals surface area contributed by atoms with E-state index in [2.05, 4.69) is 10.3 Å². The lowest BCUT2D eigenvalue weighted by Crippen LogP contribution is -2.37. The van der Waals surface area contributed by atoms with Crippen LogP contribution in [0.1, 0.15) is 12.1 Å². The lowest BCUT2D eigenvalue weighted by Gasteiger charge is -2.20. The maximum atomic E-state index is 5.27. The highest BCUT2D eigenvalue weighted by Crippen LogP contribution is 1.98. The van der Waals surface area contributed by atoms with E-state index in [4.69, 9.17) is 17.0 Å². The van der Waals surface area contributed by atoms with Crippen molar-refractivity contribution >= 4 is 17.3 Å². The molecule has 1 aromatic heterocycles. The van der Waals surface area contributed by atoms with E-state index >= 15 is 0 Å². The van der Waals surface area contributed by atoms with Gasteiger partial charge in [-0.1, -0.05) is 6.07 Å². The highest BCUT2D eigenvalue weighted by molar-refractivity contribution is 7.80. The predicted octanol–water partition coefficient (Wildman–Crippen LogP) is 1.42. The van der Waals surface area contributed by atoms with E-state index in [1.54, 1.807) is 13.3 Å². The van der Waals surface area contributed by atoms with Crippen LogP contribution in [-0.4, -0.2) is 42.3 Å². The Hall–Kier alpha value is -1.20. The Bertz CT molecular complexity index is 332. The second-order valence-corrected chi connectivity index (χ2v) is 4.14. The lowest BCUT2D eigenvalue weighted by molar-refractivity contribution is 0.195. The van der Waals surface area contributed by atoms with Gasteiger partial charge in [0.25, 0.3) is 0 Å². The molecule has 0 aliphatic carbocycles. The second-order valence-electron chi connectivity index (χ2n) is 3.76. The van der Waals surface area contributed by atoms with Crippen LogP contribution in [0.3, 0.4) is 0 Å². The van der Waals surface area contributed by atoms with Crippen LogP contribution in [0.5, 0.6) is 0 Å². The molecule has 4 nitrogen and oxygen atoms in total. The largest absolute Gasteiger partial charge is 0.385 e. The number of nitrogens with zero attached hydrogens (tertiary/aromatic N) is 2. The maximum absolute atomic E-state index is 5.27. The van der Waals surface area contributed by atoms with Crippen molar-refractivity contribution in [3.05, 3.63) is 30.1 Å². The molecule has 0 bridgehead atoms. The van der Waals surface area contributed by atoms with Gasteiger partial charge in [-0.05, 0) is 30.8 Å². The molecule has 0 saturated carbocycles. The monoisotopic (exact) mass is 253 g/mol. The molecule has 1 rings (SSSR count). The van der Waals surface area contributed by atoms with Crippen molar-refractivity contribution in [3.8, 4) is 0 Å². The zero-order chi connectivity index (χ0) is 12.5. The summed E-state index contributed by atoms with van der Waals surface area (Å²) in [5.41, 5.74) is 1.01. The first kappa shape index (κ1) is 13.9. The van der Waals surface area contributed by atoms with E-state index in [-0.39, 0.29) is 0 Å². The van der Waals surface area contributed by atoms with Crippen molar-refractivity contribution in [1.82, 2.24) is 15.2 Å². The molecule has 5 heteroatoms. The summed E-state index contributed by atoms with van der Waals surface area (Å²) in [6.45, 7) is 2.30. The summed E-state index contributed by atoms with van der Waals surface area (Å²) in [7, 11) is 3.66. The van der Waals surface area contributed by atoms with E-state index < -0.39 is 0 Å². The van der Waals surface area contributed by atoms with Crippen molar-refractivity contribution < 1.29 is 4.74 Å². The molecule has 1 N–H and O–H groups in total. The van der Waals surface area contributed by atoms with E-state index in [0.717, 1.165) is 36.9 Å². The molecular weight excluding hydrogens is 234 g/mol. The van der Waals surface area contributed by atoms with Crippen LogP contribution in [0, 0.1) is 0 Å². The number of nitrogens with one attached hydrogen (secondary N) is 1. The van der Waals surface area contributed by atoms with Crippen molar-refractivity contribution in [2.24, 2.45) is 0 Å². The van der Waals surface area contributed by atoms with Crippen LogP contribution >= 0.6 is 12.2 Å². The molecule has 0 fully saturated rings. The van der Waals surface area contributed by atoms with Crippen LogP contribution in [0.2, 0.25) is 0 Å². The molecule has 0 aliphatic heterocycles. The summed E-state index contributed by atoms with van der Waals surface area (Å²) < 4.78 is 4.97. The van der Waals surface area contributed by atoms with Crippen molar-refractivity contribution in [2.75, 3.05) is 27.3 Å². The average Bonchev–Trinajstić information content (AvgIpc) is 2.35. The third kappa shape index (κ3) is 5.60. The van der Waals surface area contributed by atoms with Crippen LogP contribution < -0.4 is 5.32 Å². The van der Waals surface area contributed by atoms with E-state index in [1.807, 2.05) is 30.1 Å². The first-order valence-electron chi connectivity index (χ1n) is 5.62. The van der Waals surface area contributed by atoms with Gasteiger partial charge < -0.3 is 15.0 Å². The van der Waals surface area contributed by atoms with Gasteiger partial charge in [0.15, 0.2) is 5.11 Å². The third-order valence-electron chi connectivity index (χ3n) is 2.27. The minimum atomic E-state index is 0.719. The van der Waals surface area contributed by atoms with Gasteiger partial charge in [-0.25, -0.2) is 0 Å². The molecule has 1 aromatic rings. The van der Waals surface area contributed by atoms with E-state index in [0.29, 0.717) is 0 Å². The topological polar surface area (TPSA) is 37.4 Å². The van der Waals surface area contributed by atoms with Crippen LogP contribution in [0.25, 0.3) is 0 Å². The fourth-order valence-corrected chi connectivity index (χ4v) is 1.52. The fraction of sp³-hybridized carbons (Fsp3) is 0.500. The normalized spacial score (nSPS) is 10.0. The molecular formula is C12H19N3OS. The Morgan fingerprint density at radius 2 is 2.35 bits per heavy atom. The second kappa shape index (κ2) is 7.97. The number of thiocarbonyl (C=S) groups is 1. The molecule has 0 aliphatic rings. The summed E-state index contributed by atoms with van der Waals surface area (Å²) in [6, 6.07) is 5.88. The number of rotatable bonds is 6. The number of aromatic nitrogens is 1. The fourth-order valence-electron chi connectivity index (χ4n) is 1.35. The molecule has 0 amide bonds. The van der Waals surface area contributed by atoms with Gasteiger partial charge in [0, 0.05) is 33.5 Å². The zero-order valence-corrected chi connectivity index (χ0v) is 11.2. The van der Waals surface area contributed by atoms with Gasteiger partial charge in [-0.15, -0.1) is 0 Å². The van der Waals surface area contributed by atoms with Crippen molar-refractivity contribution in [1.29, 1.82) is 0 Å². The predicted molar refractivity (Wildman–Crippen MR) is 72.8 cm³/mol. The highest BCUT2D eigenvalue weighted by atomic mass is 32.1. The molecule has 0 unspecified atom stereocenters. The molecule has 1 heterocycles. The van der Waals surface area contributed by atoms with Crippen LogP contribution in [-0.2, 0) is 11.3 Å². The molecule has 0 radical (unpaired) electrons. The Morgan fingerprint density at radius 1 is 1.53 bits per heavy atom. The van der Waals surface area contributed by atoms with Crippen LogP contribution in [0.4, 0.5) is 0 Å². The first-order chi connectivity index (χ1) is 8.24. The Morgan fingerprint density at radius 3 is 3.00 bits per heavy atom. The molecule has 17 heavy (non-hydrogen) atoms. The SMILES string of the molecule is COCCCNC(=S)N(C)Cc1ccccn1. The first-order valence-corrected chi connectivity index (χ1v) is 6.02. The van der Waals surface area contributed by atoms with Gasteiger partial charge in [0.05, 0.1) is 12.2 Å². The van der Waals surface area contributed by atoms with Gasteiger partial charge in [-0.2, -0.15) is 0 Å². The lowest BCUT2D eigenvalue weighted by atomic mass is 10.3. The Labute approximate surface area is 108 Å².